The molecule has 0 saturated heterocycles. The molecule has 0 unspecified atom stereocenters. The van der Waals surface area contributed by atoms with E-state index in [1.807, 2.05) is 0 Å². The molecule has 0 N–H and O–H groups in total. The molecule has 2 aromatic carbocycles. The minimum absolute atomic E-state index is 0.119. The fourth-order valence-electron chi connectivity index (χ4n) is 6.90. The van der Waals surface area contributed by atoms with Crippen molar-refractivity contribution in [1.29, 1.82) is 0 Å². The van der Waals surface area contributed by atoms with Gasteiger partial charge in [-0.05, 0) is 117 Å². The number of alkyl halides is 1. The van der Waals surface area contributed by atoms with Gasteiger partial charge in [0.25, 0.3) is 0 Å². The molecule has 0 atom stereocenters. The van der Waals surface area contributed by atoms with E-state index in [9.17, 15) is 4.39 Å². The van der Waals surface area contributed by atoms with Gasteiger partial charge in [0.15, 0.2) is 0 Å². The Morgan fingerprint density at radius 2 is 1.11 bits per heavy atom. The number of rotatable bonds is 12. The van der Waals surface area contributed by atoms with Crippen molar-refractivity contribution in [2.45, 2.75) is 116 Å². The van der Waals surface area contributed by atoms with Crippen molar-refractivity contribution in [1.82, 2.24) is 0 Å². The molecule has 0 spiro atoms. The Bertz CT molecular complexity index is 820. The number of hydrogen-bond donors (Lipinski definition) is 0. The summed E-state index contributed by atoms with van der Waals surface area (Å²) in [5, 5.41) is 0. The molecule has 35 heavy (non-hydrogen) atoms. The van der Waals surface area contributed by atoms with Crippen LogP contribution in [0.3, 0.4) is 0 Å². The van der Waals surface area contributed by atoms with Crippen LogP contribution in [-0.4, -0.2) is 6.67 Å². The summed E-state index contributed by atoms with van der Waals surface area (Å²) in [7, 11) is 0. The SMILES string of the molecule is CCCCCCc1ccc(CCc2ccc(C3CCC([C@H]4CC[C@H](CCF)CC4)CC3)cc2)cc1. The van der Waals surface area contributed by atoms with Crippen LogP contribution in [0.4, 0.5) is 4.39 Å². The molecule has 0 radical (unpaired) electrons. The van der Waals surface area contributed by atoms with E-state index in [-0.39, 0.29) is 6.67 Å². The zero-order valence-corrected chi connectivity index (χ0v) is 22.3. The van der Waals surface area contributed by atoms with E-state index in [0.717, 1.165) is 37.0 Å². The molecule has 1 heteroatoms. The van der Waals surface area contributed by atoms with Gasteiger partial charge in [-0.3, -0.25) is 4.39 Å². The van der Waals surface area contributed by atoms with E-state index in [4.69, 9.17) is 0 Å². The van der Waals surface area contributed by atoms with Crippen LogP contribution in [0.1, 0.15) is 119 Å². The Kier molecular flexibility index (Phi) is 10.7. The summed E-state index contributed by atoms with van der Waals surface area (Å²) in [6.07, 6.45) is 20.5. The lowest BCUT2D eigenvalue weighted by Crippen LogP contribution is -2.25. The quantitative estimate of drug-likeness (QED) is 0.267. The van der Waals surface area contributed by atoms with Gasteiger partial charge in [-0.25, -0.2) is 0 Å². The van der Waals surface area contributed by atoms with Crippen LogP contribution in [0.15, 0.2) is 48.5 Å². The van der Waals surface area contributed by atoms with E-state index >= 15 is 0 Å². The third kappa shape index (κ3) is 8.19. The van der Waals surface area contributed by atoms with Gasteiger partial charge < -0.3 is 0 Å². The lowest BCUT2D eigenvalue weighted by atomic mass is 9.68. The standard InChI is InChI=1S/C34H49F/c1-2-3-4-5-6-27-7-9-28(10-8-27)11-12-29-13-17-31(18-14-29)33-21-23-34(24-22-33)32-19-15-30(16-20-32)25-26-35/h7-10,13-14,17-18,30,32-34H,2-6,11-12,15-16,19-26H2,1H3/t30-,32-,33?,34?. The van der Waals surface area contributed by atoms with Crippen molar-refractivity contribution < 1.29 is 4.39 Å². The van der Waals surface area contributed by atoms with Gasteiger partial charge >= 0.3 is 0 Å². The highest BCUT2D eigenvalue weighted by Gasteiger charge is 2.31. The summed E-state index contributed by atoms with van der Waals surface area (Å²) in [4.78, 5) is 0. The number of unbranched alkanes of at least 4 members (excludes halogenated alkanes) is 3. The lowest BCUT2D eigenvalue weighted by Gasteiger charge is -2.38. The second kappa shape index (κ2) is 14.2. The first-order valence-electron chi connectivity index (χ1n) is 15.0. The molecular formula is C34H49F. The van der Waals surface area contributed by atoms with Crippen LogP contribution >= 0.6 is 0 Å². The van der Waals surface area contributed by atoms with Gasteiger partial charge in [0, 0.05) is 0 Å². The van der Waals surface area contributed by atoms with Gasteiger partial charge in [0.2, 0.25) is 0 Å². The van der Waals surface area contributed by atoms with Crippen molar-refractivity contribution in [3.63, 3.8) is 0 Å². The summed E-state index contributed by atoms with van der Waals surface area (Å²) in [6, 6.07) is 19.0. The lowest BCUT2D eigenvalue weighted by molar-refractivity contribution is 0.153. The van der Waals surface area contributed by atoms with Crippen molar-refractivity contribution in [3.05, 3.63) is 70.8 Å². The maximum atomic E-state index is 12.6. The molecule has 2 aliphatic rings. The van der Waals surface area contributed by atoms with Crippen LogP contribution in [0.5, 0.6) is 0 Å². The maximum Gasteiger partial charge on any atom is 0.0897 e. The summed E-state index contributed by atoms with van der Waals surface area (Å²) in [5.41, 5.74) is 5.99. The van der Waals surface area contributed by atoms with Gasteiger partial charge in [-0.2, -0.15) is 0 Å². The summed E-state index contributed by atoms with van der Waals surface area (Å²) in [6.45, 7) is 2.16. The molecule has 0 amide bonds. The largest absolute Gasteiger partial charge is 0.251 e. The predicted molar refractivity (Wildman–Crippen MR) is 149 cm³/mol. The van der Waals surface area contributed by atoms with Crippen molar-refractivity contribution >= 4 is 0 Å². The highest BCUT2D eigenvalue weighted by Crippen LogP contribution is 2.44. The topological polar surface area (TPSA) is 0 Å². The zero-order valence-electron chi connectivity index (χ0n) is 22.3. The average Bonchev–Trinajstić information content (AvgIpc) is 2.92. The van der Waals surface area contributed by atoms with Crippen LogP contribution in [-0.2, 0) is 19.3 Å². The van der Waals surface area contributed by atoms with E-state index < -0.39 is 0 Å². The number of halogens is 1. The normalized spacial score (nSPS) is 25.0. The van der Waals surface area contributed by atoms with E-state index in [1.165, 1.54) is 100 Å². The number of benzene rings is 2. The highest BCUT2D eigenvalue weighted by molar-refractivity contribution is 5.28. The summed E-state index contributed by atoms with van der Waals surface area (Å²) >= 11 is 0. The van der Waals surface area contributed by atoms with Crippen LogP contribution in [0.25, 0.3) is 0 Å². The summed E-state index contributed by atoms with van der Waals surface area (Å²) < 4.78 is 12.6. The van der Waals surface area contributed by atoms with E-state index in [0.29, 0.717) is 5.92 Å². The third-order valence-corrected chi connectivity index (χ3v) is 9.34. The van der Waals surface area contributed by atoms with Gasteiger partial charge in [0.05, 0.1) is 6.67 Å². The molecule has 2 aliphatic carbocycles. The average molecular weight is 477 g/mol. The molecule has 0 bridgehead atoms. The van der Waals surface area contributed by atoms with Gasteiger partial charge in [-0.15, -0.1) is 0 Å². The summed E-state index contributed by atoms with van der Waals surface area (Å²) in [5.74, 6) is 3.28. The predicted octanol–water partition coefficient (Wildman–Crippen LogP) is 10.0. The first kappa shape index (κ1) is 26.4. The Morgan fingerprint density at radius 3 is 1.66 bits per heavy atom. The van der Waals surface area contributed by atoms with Crippen molar-refractivity contribution in [2.24, 2.45) is 17.8 Å². The molecule has 2 saturated carbocycles. The molecule has 0 heterocycles. The van der Waals surface area contributed by atoms with Crippen LogP contribution in [0.2, 0.25) is 0 Å². The molecule has 2 fully saturated rings. The van der Waals surface area contributed by atoms with Gasteiger partial charge in [-0.1, -0.05) is 87.6 Å². The molecule has 2 aromatic rings. The molecule has 0 aliphatic heterocycles. The van der Waals surface area contributed by atoms with Crippen LogP contribution < -0.4 is 0 Å². The second-order valence-corrected chi connectivity index (χ2v) is 11.7. The molecule has 192 valence electrons. The smallest absolute Gasteiger partial charge is 0.0897 e. The molecule has 0 nitrogen and oxygen atoms in total. The Labute approximate surface area is 215 Å². The Morgan fingerprint density at radius 1 is 0.600 bits per heavy atom. The van der Waals surface area contributed by atoms with E-state index in [2.05, 4.69) is 55.5 Å². The first-order chi connectivity index (χ1) is 17.2. The minimum Gasteiger partial charge on any atom is -0.251 e. The third-order valence-electron chi connectivity index (χ3n) is 9.34. The zero-order chi connectivity index (χ0) is 24.3. The first-order valence-corrected chi connectivity index (χ1v) is 15.0. The Balaban J connectivity index is 1.17. The van der Waals surface area contributed by atoms with E-state index in [1.54, 1.807) is 5.56 Å². The molecule has 4 rings (SSSR count). The molecule has 0 aromatic heterocycles. The second-order valence-electron chi connectivity index (χ2n) is 11.7. The monoisotopic (exact) mass is 476 g/mol. The van der Waals surface area contributed by atoms with Crippen molar-refractivity contribution in [3.8, 4) is 0 Å². The molecular weight excluding hydrogens is 427 g/mol. The maximum absolute atomic E-state index is 12.6. The number of hydrogen-bond acceptors (Lipinski definition) is 0. The Hall–Kier alpha value is -1.63. The minimum atomic E-state index is -0.119. The number of aryl methyl sites for hydroxylation is 3. The van der Waals surface area contributed by atoms with Crippen LogP contribution in [0, 0.1) is 17.8 Å². The fourth-order valence-corrected chi connectivity index (χ4v) is 6.90. The van der Waals surface area contributed by atoms with Crippen molar-refractivity contribution in [2.75, 3.05) is 6.67 Å². The fraction of sp³-hybridized carbons (Fsp3) is 0.647. The highest BCUT2D eigenvalue weighted by atomic mass is 19.1. The van der Waals surface area contributed by atoms with Gasteiger partial charge in [0.1, 0.15) is 0 Å².